The highest BCUT2D eigenvalue weighted by Gasteiger charge is 2.61. The lowest BCUT2D eigenvalue weighted by Gasteiger charge is -2.48. The lowest BCUT2D eigenvalue weighted by Crippen LogP contribution is -2.69. The molecule has 5 rings (SSSR count). The number of carbonyl (C=O) groups excluding carboxylic acids is 1. The van der Waals surface area contributed by atoms with Gasteiger partial charge in [-0.2, -0.15) is 0 Å². The lowest BCUT2D eigenvalue weighted by molar-refractivity contribution is -0.316. The van der Waals surface area contributed by atoms with E-state index < -0.39 is 116 Å². The van der Waals surface area contributed by atoms with Gasteiger partial charge in [-0.25, -0.2) is 0 Å². The van der Waals surface area contributed by atoms with Crippen LogP contribution in [0, 0.1) is 11.3 Å². The molecule has 0 aromatic rings. The van der Waals surface area contributed by atoms with E-state index in [1.807, 2.05) is 0 Å². The molecule has 2 saturated heterocycles. The van der Waals surface area contributed by atoms with Crippen molar-refractivity contribution in [2.24, 2.45) is 34.6 Å². The Morgan fingerprint density at radius 3 is 2.17 bits per heavy atom. The fourth-order valence-electron chi connectivity index (χ4n) is 7.04. The Bertz CT molecular complexity index is 1120. The third-order valence-corrected chi connectivity index (χ3v) is 10.2. The lowest BCUT2D eigenvalue weighted by atomic mass is 9.81. The predicted octanol–water partition coefficient (Wildman–Crippen LogP) is -7.78. The minimum absolute atomic E-state index is 0.0423. The number of amides is 1. The van der Waals surface area contributed by atoms with Crippen LogP contribution in [0.4, 0.5) is 0 Å². The third kappa shape index (κ3) is 8.03. The number of hydrogen-bond donors (Lipinski definition) is 15. The normalized spacial score (nSPS) is 49.1. The summed E-state index contributed by atoms with van der Waals surface area (Å²) in [7, 11) is 0. The summed E-state index contributed by atoms with van der Waals surface area (Å²) in [5, 5.41) is 79.7. The number of nitrogens with two attached hydrogens (primary N) is 5. The summed E-state index contributed by atoms with van der Waals surface area (Å²) < 4.78 is 23.8. The van der Waals surface area contributed by atoms with Gasteiger partial charge in [-0.15, -0.1) is 0 Å². The Balaban J connectivity index is 1.29. The maximum absolute atomic E-state index is 13.2. The average molecular weight is 692 g/mol. The van der Waals surface area contributed by atoms with Crippen LogP contribution in [0.25, 0.3) is 0 Å². The maximum Gasteiger partial charge on any atom is 0.254 e. The van der Waals surface area contributed by atoms with Crippen molar-refractivity contribution in [1.82, 2.24) is 16.0 Å². The molecule has 0 spiro atoms. The number of nitrogens with one attached hydrogen (secondary N) is 4. The van der Waals surface area contributed by atoms with Crippen LogP contribution >= 0.6 is 0 Å². The first-order valence-electron chi connectivity index (χ1n) is 16.4. The van der Waals surface area contributed by atoms with E-state index in [-0.39, 0.29) is 25.3 Å². The van der Waals surface area contributed by atoms with Crippen LogP contribution in [0.3, 0.4) is 0 Å². The molecule has 2 aliphatic heterocycles. The molecule has 20 heteroatoms. The molecule has 5 fully saturated rings. The van der Waals surface area contributed by atoms with Crippen LogP contribution in [-0.4, -0.2) is 165 Å². The van der Waals surface area contributed by atoms with Crippen molar-refractivity contribution in [3.05, 3.63) is 0 Å². The summed E-state index contributed by atoms with van der Waals surface area (Å²) in [4.78, 5) is 13.2. The van der Waals surface area contributed by atoms with E-state index in [0.717, 1.165) is 12.8 Å². The van der Waals surface area contributed by atoms with Crippen molar-refractivity contribution in [1.29, 1.82) is 5.41 Å². The van der Waals surface area contributed by atoms with E-state index in [4.69, 9.17) is 53.0 Å². The standard InChI is InChI=1S/C28H53N9O11/c29-10-1-9(2-10)6-35-7-15-14(39)4-12(31)24(45-15)47-22-11(30)3-13(36-26(43)28(44)5-17(28)37-27(33)34)23(21(22)42)48-25-20(41)18(32)19(40)16(8-38)46-25/h9-25,35,38-42,44H,1-8,29-32H2,(H,36,43)(H4,33,34,37)/t9?,10?,11-,12+,13+,14-,15+,16+,17?,18-,19+,20+,21-,22?,23-,24+,25+,28?/m0/s1. The van der Waals surface area contributed by atoms with Crippen molar-refractivity contribution in [3.63, 3.8) is 0 Å². The van der Waals surface area contributed by atoms with E-state index in [2.05, 4.69) is 16.0 Å². The summed E-state index contributed by atoms with van der Waals surface area (Å²) in [5.41, 5.74) is 28.0. The Morgan fingerprint density at radius 1 is 0.854 bits per heavy atom. The largest absolute Gasteiger partial charge is 0.394 e. The summed E-state index contributed by atoms with van der Waals surface area (Å²) in [6.45, 7) is 0.371. The molecule has 5 aliphatic rings. The van der Waals surface area contributed by atoms with Crippen LogP contribution in [0.5, 0.6) is 0 Å². The van der Waals surface area contributed by atoms with Crippen molar-refractivity contribution >= 4 is 11.9 Å². The van der Waals surface area contributed by atoms with Gasteiger partial charge in [-0.1, -0.05) is 0 Å². The number of rotatable bonds is 12. The highest BCUT2D eigenvalue weighted by atomic mass is 16.7. The zero-order valence-corrected chi connectivity index (χ0v) is 26.6. The van der Waals surface area contributed by atoms with Gasteiger partial charge >= 0.3 is 0 Å². The quantitative estimate of drug-likeness (QED) is 0.0667. The zero-order valence-electron chi connectivity index (χ0n) is 26.6. The van der Waals surface area contributed by atoms with E-state index in [1.165, 1.54) is 0 Å². The number of aliphatic hydroxyl groups excluding tert-OH is 5. The smallest absolute Gasteiger partial charge is 0.254 e. The number of guanidine groups is 1. The van der Waals surface area contributed by atoms with Crippen molar-refractivity contribution in [3.8, 4) is 0 Å². The van der Waals surface area contributed by atoms with Crippen molar-refractivity contribution < 1.29 is 54.4 Å². The molecule has 48 heavy (non-hydrogen) atoms. The minimum atomic E-state index is -1.91. The molecule has 2 heterocycles. The van der Waals surface area contributed by atoms with Gasteiger partial charge in [0, 0.05) is 25.0 Å². The fourth-order valence-corrected chi connectivity index (χ4v) is 7.04. The molecule has 20 N–H and O–H groups in total. The molecule has 1 amide bonds. The molecule has 0 bridgehead atoms. The minimum Gasteiger partial charge on any atom is -0.394 e. The monoisotopic (exact) mass is 691 g/mol. The zero-order chi connectivity index (χ0) is 35.1. The van der Waals surface area contributed by atoms with Crippen molar-refractivity contribution in [2.45, 2.75) is 135 Å². The first kappa shape index (κ1) is 37.4. The second-order valence-corrected chi connectivity index (χ2v) is 14.0. The Hall–Kier alpha value is -1.86. The molecule has 0 radical (unpaired) electrons. The van der Waals surface area contributed by atoms with Crippen LogP contribution in [0.2, 0.25) is 0 Å². The summed E-state index contributed by atoms with van der Waals surface area (Å²) in [5.74, 6) is -0.836. The molecule has 3 saturated carbocycles. The molecule has 16 atom stereocenters. The van der Waals surface area contributed by atoms with Crippen molar-refractivity contribution in [2.75, 3.05) is 19.7 Å². The first-order chi connectivity index (χ1) is 22.6. The van der Waals surface area contributed by atoms with E-state index in [1.54, 1.807) is 0 Å². The maximum atomic E-state index is 13.2. The second-order valence-electron chi connectivity index (χ2n) is 14.0. The van der Waals surface area contributed by atoms with Gasteiger partial charge < -0.3 is 94.2 Å². The van der Waals surface area contributed by atoms with E-state index in [9.17, 15) is 35.4 Å². The molecular weight excluding hydrogens is 638 g/mol. The molecule has 0 aromatic heterocycles. The Morgan fingerprint density at radius 2 is 1.52 bits per heavy atom. The van der Waals surface area contributed by atoms with Crippen LogP contribution in [0.1, 0.15) is 32.1 Å². The van der Waals surface area contributed by atoms with Gasteiger partial charge in [0.05, 0.1) is 43.0 Å². The molecule has 3 aliphatic carbocycles. The number of carbonyl (C=O) groups is 1. The van der Waals surface area contributed by atoms with E-state index >= 15 is 0 Å². The fraction of sp³-hybridized carbons (Fsp3) is 0.929. The SMILES string of the molecule is N=C(N)NC1CC1(O)C(=O)N[C@@H]1C[C@H](N)C(O[C@H]2O[C@H](CNCC3CC(N)C3)[C@@H](O)C[C@H]2N)[C@H](O)[C@H]1O[C@H]1O[C@H](CO)[C@@H](O)[C@H](N)[C@H]1O. The number of hydrogen-bond acceptors (Lipinski definition) is 17. The van der Waals surface area contributed by atoms with Gasteiger partial charge in [0.25, 0.3) is 5.91 Å². The van der Waals surface area contributed by atoms with Crippen LogP contribution in [-0.2, 0) is 23.7 Å². The van der Waals surface area contributed by atoms with Gasteiger partial charge in [-0.05, 0) is 38.1 Å². The third-order valence-electron chi connectivity index (χ3n) is 10.2. The molecule has 0 aromatic carbocycles. The molecular formula is C28H53N9O11. The summed E-state index contributed by atoms with van der Waals surface area (Å²) >= 11 is 0. The molecule has 276 valence electrons. The van der Waals surface area contributed by atoms with Gasteiger partial charge in [0.15, 0.2) is 24.1 Å². The van der Waals surface area contributed by atoms with Gasteiger partial charge in [0.2, 0.25) is 0 Å². The van der Waals surface area contributed by atoms with Gasteiger partial charge in [0.1, 0.15) is 36.6 Å². The van der Waals surface area contributed by atoms with Gasteiger partial charge in [-0.3, -0.25) is 10.2 Å². The molecule has 3 unspecified atom stereocenters. The van der Waals surface area contributed by atoms with Crippen LogP contribution < -0.4 is 44.6 Å². The first-order valence-corrected chi connectivity index (χ1v) is 16.4. The van der Waals surface area contributed by atoms with Crippen LogP contribution in [0.15, 0.2) is 0 Å². The molecule has 20 nitrogen and oxygen atoms in total. The summed E-state index contributed by atoms with van der Waals surface area (Å²) in [6, 6.07) is -4.73. The number of ether oxygens (including phenoxy) is 4. The highest BCUT2D eigenvalue weighted by Crippen LogP contribution is 2.37. The summed E-state index contributed by atoms with van der Waals surface area (Å²) in [6.07, 6.45) is -10.9. The topological polar surface area (TPSA) is 365 Å². The second kappa shape index (κ2) is 15.2. The predicted molar refractivity (Wildman–Crippen MR) is 165 cm³/mol. The average Bonchev–Trinajstić information content (AvgIpc) is 3.66. The highest BCUT2D eigenvalue weighted by molar-refractivity contribution is 5.91. The number of aliphatic hydroxyl groups is 6. The Kier molecular flexibility index (Phi) is 11.8. The van der Waals surface area contributed by atoms with E-state index in [0.29, 0.717) is 19.0 Å². The Labute approximate surface area is 277 Å².